The van der Waals surface area contributed by atoms with Crippen LogP contribution in [0.5, 0.6) is 0 Å². The molecule has 0 aromatic carbocycles. The fraction of sp³-hybridized carbons (Fsp3) is 0.769. The molecule has 0 rings (SSSR count). The minimum atomic E-state index is -2.38. The molecule has 0 amide bonds. The van der Waals surface area contributed by atoms with Gasteiger partial charge in [0.2, 0.25) is 0 Å². The molecular formula is C13H26GeO2. The van der Waals surface area contributed by atoms with Crippen molar-refractivity contribution >= 4 is 19.6 Å². The van der Waals surface area contributed by atoms with Crippen molar-refractivity contribution < 1.29 is 8.56 Å². The molecule has 0 aliphatic carbocycles. The van der Waals surface area contributed by atoms with Gasteiger partial charge >= 0.3 is 103 Å². The monoisotopic (exact) mass is 288 g/mol. The van der Waals surface area contributed by atoms with E-state index in [4.69, 9.17) is 3.76 Å². The van der Waals surface area contributed by atoms with Gasteiger partial charge in [-0.05, 0) is 0 Å². The van der Waals surface area contributed by atoms with E-state index in [2.05, 4.69) is 27.4 Å². The van der Waals surface area contributed by atoms with Gasteiger partial charge in [-0.15, -0.1) is 0 Å². The number of carbonyl (C=O) groups is 1. The van der Waals surface area contributed by atoms with Crippen LogP contribution in [0.15, 0.2) is 12.2 Å². The van der Waals surface area contributed by atoms with Gasteiger partial charge in [-0.2, -0.15) is 0 Å². The third-order valence-electron chi connectivity index (χ3n) is 2.77. The Bertz CT molecular complexity index is 219. The van der Waals surface area contributed by atoms with Crippen molar-refractivity contribution in [1.29, 1.82) is 0 Å². The first-order valence-corrected chi connectivity index (χ1v) is 11.7. The Morgan fingerprint density at radius 2 is 1.44 bits per heavy atom. The molecule has 0 spiro atoms. The summed E-state index contributed by atoms with van der Waals surface area (Å²) in [6, 6.07) is 0. The zero-order valence-electron chi connectivity index (χ0n) is 11.3. The van der Waals surface area contributed by atoms with E-state index in [1.165, 1.54) is 0 Å². The topological polar surface area (TPSA) is 26.3 Å². The Morgan fingerprint density at radius 1 is 1.06 bits per heavy atom. The van der Waals surface area contributed by atoms with Crippen molar-refractivity contribution in [3.8, 4) is 0 Å². The maximum atomic E-state index is 11.7. The van der Waals surface area contributed by atoms with Gasteiger partial charge in [0.05, 0.1) is 0 Å². The summed E-state index contributed by atoms with van der Waals surface area (Å²) >= 11 is -2.38. The summed E-state index contributed by atoms with van der Waals surface area (Å²) < 4.78 is 5.87. The standard InChI is InChI=1S/C13H26GeO2/c1-6-9-14(10-7-2,11-8-3)16-13(15)12(4)5/h4,6-11H2,1-3,5H3. The Morgan fingerprint density at radius 3 is 1.69 bits per heavy atom. The second-order valence-corrected chi connectivity index (χ2v) is 13.1. The van der Waals surface area contributed by atoms with Crippen molar-refractivity contribution in [3.05, 3.63) is 12.2 Å². The van der Waals surface area contributed by atoms with E-state index >= 15 is 0 Å². The summed E-state index contributed by atoms with van der Waals surface area (Å²) in [5.41, 5.74) is 0.540. The molecule has 0 N–H and O–H groups in total. The second-order valence-electron chi connectivity index (χ2n) is 4.60. The number of rotatable bonds is 8. The molecule has 0 radical (unpaired) electrons. The van der Waals surface area contributed by atoms with Gasteiger partial charge in [-0.1, -0.05) is 0 Å². The molecule has 0 aromatic heterocycles. The van der Waals surface area contributed by atoms with Crippen molar-refractivity contribution in [2.45, 2.75) is 62.7 Å². The summed E-state index contributed by atoms with van der Waals surface area (Å²) in [6.45, 7) is 12.0. The summed E-state index contributed by atoms with van der Waals surface area (Å²) in [4.78, 5) is 11.7. The fourth-order valence-electron chi connectivity index (χ4n) is 2.18. The first kappa shape index (κ1) is 15.8. The predicted molar refractivity (Wildman–Crippen MR) is 72.0 cm³/mol. The Kier molecular flexibility index (Phi) is 7.81. The Labute approximate surface area is 103 Å². The van der Waals surface area contributed by atoms with E-state index in [9.17, 15) is 4.79 Å². The Hall–Kier alpha value is -0.247. The van der Waals surface area contributed by atoms with Crippen LogP contribution in [0.2, 0.25) is 15.8 Å². The van der Waals surface area contributed by atoms with Gasteiger partial charge < -0.3 is 0 Å². The average molecular weight is 287 g/mol. The number of hydrogen-bond donors (Lipinski definition) is 0. The molecule has 2 nitrogen and oxygen atoms in total. The van der Waals surface area contributed by atoms with Crippen molar-refractivity contribution in [2.75, 3.05) is 0 Å². The molecule has 0 saturated heterocycles. The van der Waals surface area contributed by atoms with E-state index in [0.717, 1.165) is 35.0 Å². The zero-order valence-corrected chi connectivity index (χ0v) is 13.4. The predicted octanol–water partition coefficient (Wildman–Crippen LogP) is 4.28. The molecule has 0 aromatic rings. The van der Waals surface area contributed by atoms with Gasteiger partial charge in [-0.3, -0.25) is 0 Å². The van der Waals surface area contributed by atoms with Crippen LogP contribution in [0.4, 0.5) is 0 Å². The quantitative estimate of drug-likeness (QED) is 0.492. The van der Waals surface area contributed by atoms with E-state index in [1.54, 1.807) is 6.92 Å². The van der Waals surface area contributed by atoms with Crippen molar-refractivity contribution in [2.24, 2.45) is 0 Å². The molecule has 0 fully saturated rings. The van der Waals surface area contributed by atoms with Gasteiger partial charge in [0.15, 0.2) is 0 Å². The first-order chi connectivity index (χ1) is 7.51. The summed E-state index contributed by atoms with van der Waals surface area (Å²) in [5, 5.41) is 3.42. The summed E-state index contributed by atoms with van der Waals surface area (Å²) in [6.07, 6.45) is 3.39. The van der Waals surface area contributed by atoms with Crippen LogP contribution in [0, 0.1) is 0 Å². The summed E-state index contributed by atoms with van der Waals surface area (Å²) in [5.74, 6) is -0.157. The van der Waals surface area contributed by atoms with Crippen LogP contribution in [0.3, 0.4) is 0 Å². The second kappa shape index (κ2) is 7.93. The molecule has 0 heterocycles. The van der Waals surface area contributed by atoms with Crippen LogP contribution in [0.25, 0.3) is 0 Å². The molecule has 0 aliphatic heterocycles. The van der Waals surface area contributed by atoms with Crippen molar-refractivity contribution in [3.63, 3.8) is 0 Å². The SMILES string of the molecule is C=C(C)C(=O)[O][Ge]([CH2]CC)([CH2]CC)[CH2]CC. The van der Waals surface area contributed by atoms with E-state index in [-0.39, 0.29) is 5.97 Å². The average Bonchev–Trinajstić information content (AvgIpc) is 2.18. The molecule has 0 aliphatic rings. The molecule has 3 heteroatoms. The molecule has 0 bridgehead atoms. The van der Waals surface area contributed by atoms with Crippen molar-refractivity contribution in [1.82, 2.24) is 0 Å². The normalized spacial score (nSPS) is 11.2. The molecule has 0 saturated carbocycles. The van der Waals surface area contributed by atoms with E-state index in [0.29, 0.717) is 5.57 Å². The van der Waals surface area contributed by atoms with Gasteiger partial charge in [-0.25, -0.2) is 0 Å². The Balaban J connectivity index is 4.71. The third kappa shape index (κ3) is 5.19. The molecular weight excluding hydrogens is 261 g/mol. The van der Waals surface area contributed by atoms with Crippen LogP contribution in [0.1, 0.15) is 47.0 Å². The van der Waals surface area contributed by atoms with E-state index < -0.39 is 13.6 Å². The summed E-state index contributed by atoms with van der Waals surface area (Å²) in [7, 11) is 0. The number of hydrogen-bond acceptors (Lipinski definition) is 2. The maximum absolute atomic E-state index is 11.7. The molecule has 16 heavy (non-hydrogen) atoms. The van der Waals surface area contributed by atoms with Crippen LogP contribution < -0.4 is 0 Å². The zero-order chi connectivity index (χ0) is 12.6. The first-order valence-electron chi connectivity index (χ1n) is 6.40. The molecule has 0 unspecified atom stereocenters. The van der Waals surface area contributed by atoms with Gasteiger partial charge in [0.1, 0.15) is 0 Å². The molecule has 94 valence electrons. The van der Waals surface area contributed by atoms with Crippen LogP contribution >= 0.6 is 0 Å². The third-order valence-corrected chi connectivity index (χ3v) is 13.0. The van der Waals surface area contributed by atoms with Crippen LogP contribution in [-0.4, -0.2) is 19.6 Å². The fourth-order valence-corrected chi connectivity index (χ4v) is 11.3. The molecule has 0 atom stereocenters. The van der Waals surface area contributed by atoms with E-state index in [1.807, 2.05) is 0 Å². The van der Waals surface area contributed by atoms with Crippen LogP contribution in [-0.2, 0) is 8.56 Å². The van der Waals surface area contributed by atoms with Gasteiger partial charge in [0.25, 0.3) is 0 Å². The van der Waals surface area contributed by atoms with Gasteiger partial charge in [0, 0.05) is 0 Å². The minimum absolute atomic E-state index is 0.157. The number of carbonyl (C=O) groups excluding carboxylic acids is 1.